The molecule has 2 aromatic rings. The summed E-state index contributed by atoms with van der Waals surface area (Å²) in [4.78, 5) is 12.7. The van der Waals surface area contributed by atoms with Crippen molar-refractivity contribution < 1.29 is 18.7 Å². The molecule has 6 nitrogen and oxygen atoms in total. The fourth-order valence-corrected chi connectivity index (χ4v) is 3.84. The average molecular weight is 450 g/mol. The van der Waals surface area contributed by atoms with E-state index in [2.05, 4.69) is 17.5 Å². The summed E-state index contributed by atoms with van der Waals surface area (Å²) in [5.74, 6) is -0.312. The first-order valence-corrected chi connectivity index (χ1v) is 11.3. The first-order chi connectivity index (χ1) is 16.0. The topological polar surface area (TPSA) is 95.1 Å². The van der Waals surface area contributed by atoms with Gasteiger partial charge in [0, 0.05) is 18.6 Å². The molecule has 0 fully saturated rings. The van der Waals surface area contributed by atoms with Crippen LogP contribution in [0.2, 0.25) is 0 Å². The zero-order valence-corrected chi connectivity index (χ0v) is 19.0. The molecule has 2 atom stereocenters. The van der Waals surface area contributed by atoms with E-state index in [0.717, 1.165) is 30.4 Å². The molecule has 2 unspecified atom stereocenters. The fourth-order valence-electron chi connectivity index (χ4n) is 3.84. The number of unbranched alkanes of at least 4 members (excludes halogenated alkanes) is 1. The molecule has 1 heterocycles. The Morgan fingerprint density at radius 2 is 2.03 bits per heavy atom. The normalized spacial score (nSPS) is 13.5. The maximum atomic E-state index is 15.0. The molecule has 2 aromatic carbocycles. The first kappa shape index (κ1) is 24.2. The van der Waals surface area contributed by atoms with Gasteiger partial charge in [0.1, 0.15) is 30.3 Å². The van der Waals surface area contributed by atoms with Gasteiger partial charge in [-0.3, -0.25) is 4.79 Å². The number of nitrogens with one attached hydrogen (secondary N) is 1. The van der Waals surface area contributed by atoms with Gasteiger partial charge in [-0.1, -0.05) is 32.8 Å². The second-order valence-electron chi connectivity index (χ2n) is 8.11. The van der Waals surface area contributed by atoms with E-state index in [9.17, 15) is 14.4 Å². The predicted octanol–water partition coefficient (Wildman–Crippen LogP) is 4.79. The molecule has 33 heavy (non-hydrogen) atoms. The summed E-state index contributed by atoms with van der Waals surface area (Å²) in [7, 11) is 0. The SMILES string of the molecule is CCCCC(OCCC)C(=O)NC(C#N)Cc1cc2c(cc1F)-c1ccc(C#N)cc1CO2. The lowest BCUT2D eigenvalue weighted by Gasteiger charge is -2.23. The molecule has 0 saturated carbocycles. The van der Waals surface area contributed by atoms with E-state index in [1.807, 2.05) is 13.8 Å². The number of carbonyl (C=O) groups excluding carboxylic acids is 1. The number of amides is 1. The molecule has 1 amide bonds. The quantitative estimate of drug-likeness (QED) is 0.563. The molecule has 0 radical (unpaired) electrons. The lowest BCUT2D eigenvalue weighted by Crippen LogP contribution is -2.43. The second-order valence-corrected chi connectivity index (χ2v) is 8.11. The number of nitrogens with zero attached hydrogens (tertiary/aromatic N) is 2. The van der Waals surface area contributed by atoms with E-state index < -0.39 is 18.0 Å². The van der Waals surface area contributed by atoms with Crippen molar-refractivity contribution in [1.29, 1.82) is 10.5 Å². The maximum absolute atomic E-state index is 15.0. The van der Waals surface area contributed by atoms with Gasteiger partial charge in [-0.2, -0.15) is 10.5 Å². The van der Waals surface area contributed by atoms with Gasteiger partial charge in [-0.05, 0) is 53.8 Å². The van der Waals surface area contributed by atoms with Crippen molar-refractivity contribution in [2.75, 3.05) is 6.61 Å². The van der Waals surface area contributed by atoms with Crippen LogP contribution in [0.1, 0.15) is 56.2 Å². The molecule has 3 rings (SSSR count). The summed E-state index contributed by atoms with van der Waals surface area (Å²) < 4.78 is 26.5. The molecule has 7 heteroatoms. The van der Waals surface area contributed by atoms with Crippen LogP contribution in [0.25, 0.3) is 11.1 Å². The Balaban J connectivity index is 1.76. The summed E-state index contributed by atoms with van der Waals surface area (Å²) >= 11 is 0. The number of hydrogen-bond donors (Lipinski definition) is 1. The molecule has 0 bridgehead atoms. The highest BCUT2D eigenvalue weighted by molar-refractivity contribution is 5.81. The Hall–Kier alpha value is -3.42. The number of carbonyl (C=O) groups is 1. The highest BCUT2D eigenvalue weighted by Crippen LogP contribution is 2.39. The number of nitriles is 2. The third-order valence-corrected chi connectivity index (χ3v) is 5.59. The molecule has 0 aliphatic carbocycles. The lowest BCUT2D eigenvalue weighted by atomic mass is 9.93. The Bertz CT molecular complexity index is 1080. The highest BCUT2D eigenvalue weighted by atomic mass is 19.1. The molecule has 0 spiro atoms. The van der Waals surface area contributed by atoms with Crippen LogP contribution in [0, 0.1) is 28.5 Å². The summed E-state index contributed by atoms with van der Waals surface area (Å²) in [5.41, 5.74) is 3.05. The van der Waals surface area contributed by atoms with Crippen molar-refractivity contribution in [3.63, 3.8) is 0 Å². The van der Waals surface area contributed by atoms with Crippen molar-refractivity contribution >= 4 is 5.91 Å². The second kappa shape index (κ2) is 11.4. The molecular formula is C26H28FN3O3. The summed E-state index contributed by atoms with van der Waals surface area (Å²) in [6.45, 7) is 4.74. The number of rotatable bonds is 10. The molecule has 0 saturated heterocycles. The molecule has 0 aromatic heterocycles. The smallest absolute Gasteiger partial charge is 0.250 e. The van der Waals surface area contributed by atoms with Gasteiger partial charge in [0.25, 0.3) is 0 Å². The maximum Gasteiger partial charge on any atom is 0.250 e. The highest BCUT2D eigenvalue weighted by Gasteiger charge is 2.25. The van der Waals surface area contributed by atoms with Crippen molar-refractivity contribution in [3.8, 4) is 29.0 Å². The van der Waals surface area contributed by atoms with Gasteiger partial charge < -0.3 is 14.8 Å². The van der Waals surface area contributed by atoms with Crippen LogP contribution < -0.4 is 10.1 Å². The van der Waals surface area contributed by atoms with Crippen molar-refractivity contribution in [2.24, 2.45) is 0 Å². The third kappa shape index (κ3) is 5.88. The summed E-state index contributed by atoms with van der Waals surface area (Å²) in [5, 5.41) is 21.4. The predicted molar refractivity (Wildman–Crippen MR) is 122 cm³/mol. The van der Waals surface area contributed by atoms with Gasteiger partial charge in [0.2, 0.25) is 5.91 Å². The fraction of sp³-hybridized carbons (Fsp3) is 0.423. The number of halogens is 1. The Kier molecular flexibility index (Phi) is 8.40. The van der Waals surface area contributed by atoms with Crippen LogP contribution in [-0.2, 0) is 22.6 Å². The zero-order valence-electron chi connectivity index (χ0n) is 19.0. The standard InChI is InChI=1S/C26H28FN3O3/c1-3-5-6-24(32-9-4-2)26(31)30-20(15-29)11-18-12-25-22(13-23(18)27)21-8-7-17(14-28)10-19(21)16-33-25/h7-8,10,12-13,20,24H,3-6,9,11,16H2,1-2H3,(H,30,31). The van der Waals surface area contributed by atoms with E-state index in [1.165, 1.54) is 6.07 Å². The van der Waals surface area contributed by atoms with E-state index in [1.54, 1.807) is 24.3 Å². The van der Waals surface area contributed by atoms with E-state index in [-0.39, 0.29) is 24.5 Å². The van der Waals surface area contributed by atoms with E-state index in [0.29, 0.717) is 29.9 Å². The number of hydrogen-bond acceptors (Lipinski definition) is 5. The minimum absolute atomic E-state index is 0.0131. The minimum atomic E-state index is -0.895. The van der Waals surface area contributed by atoms with Crippen LogP contribution in [0.15, 0.2) is 30.3 Å². The largest absolute Gasteiger partial charge is 0.488 e. The van der Waals surface area contributed by atoms with Crippen molar-refractivity contribution in [1.82, 2.24) is 5.32 Å². The van der Waals surface area contributed by atoms with Crippen molar-refractivity contribution in [2.45, 2.75) is 64.7 Å². The van der Waals surface area contributed by atoms with Crippen LogP contribution in [0.3, 0.4) is 0 Å². The monoisotopic (exact) mass is 449 g/mol. The van der Waals surface area contributed by atoms with Crippen molar-refractivity contribution in [3.05, 3.63) is 52.8 Å². The Morgan fingerprint density at radius 3 is 2.73 bits per heavy atom. The van der Waals surface area contributed by atoms with Crippen LogP contribution >= 0.6 is 0 Å². The lowest BCUT2D eigenvalue weighted by molar-refractivity contribution is -0.133. The number of benzene rings is 2. The van der Waals surface area contributed by atoms with Crippen LogP contribution in [-0.4, -0.2) is 24.7 Å². The Labute approximate surface area is 193 Å². The first-order valence-electron chi connectivity index (χ1n) is 11.3. The van der Waals surface area contributed by atoms with E-state index >= 15 is 0 Å². The summed E-state index contributed by atoms with van der Waals surface area (Å²) in [6.07, 6.45) is 2.54. The Morgan fingerprint density at radius 1 is 1.21 bits per heavy atom. The molecule has 172 valence electrons. The average Bonchev–Trinajstić information content (AvgIpc) is 2.83. The van der Waals surface area contributed by atoms with Gasteiger partial charge in [-0.25, -0.2) is 4.39 Å². The van der Waals surface area contributed by atoms with Gasteiger partial charge in [-0.15, -0.1) is 0 Å². The van der Waals surface area contributed by atoms with Crippen LogP contribution in [0.4, 0.5) is 4.39 Å². The molecular weight excluding hydrogens is 421 g/mol. The van der Waals surface area contributed by atoms with Gasteiger partial charge >= 0.3 is 0 Å². The number of ether oxygens (including phenoxy) is 2. The summed E-state index contributed by atoms with van der Waals surface area (Å²) in [6, 6.07) is 11.5. The number of fused-ring (bicyclic) bond motifs is 3. The molecule has 1 N–H and O–H groups in total. The van der Waals surface area contributed by atoms with Crippen LogP contribution in [0.5, 0.6) is 5.75 Å². The molecule has 1 aliphatic rings. The van der Waals surface area contributed by atoms with Gasteiger partial charge in [0.05, 0.1) is 17.7 Å². The minimum Gasteiger partial charge on any atom is -0.488 e. The molecule has 1 aliphatic heterocycles. The van der Waals surface area contributed by atoms with Gasteiger partial charge in [0.15, 0.2) is 0 Å². The zero-order chi connectivity index (χ0) is 23.8. The third-order valence-electron chi connectivity index (χ3n) is 5.59. The van der Waals surface area contributed by atoms with E-state index in [4.69, 9.17) is 14.7 Å².